The van der Waals surface area contributed by atoms with Crippen LogP contribution in [0.1, 0.15) is 17.5 Å². The van der Waals surface area contributed by atoms with Crippen molar-refractivity contribution in [2.24, 2.45) is 0 Å². The Morgan fingerprint density at radius 3 is 3.00 bits per heavy atom. The lowest BCUT2D eigenvalue weighted by molar-refractivity contribution is 0.648. The van der Waals surface area contributed by atoms with E-state index in [1.165, 1.54) is 4.88 Å². The van der Waals surface area contributed by atoms with Crippen molar-refractivity contribution in [2.45, 2.75) is 20.0 Å². The Kier molecular flexibility index (Phi) is 3.98. The highest BCUT2D eigenvalue weighted by molar-refractivity contribution is 7.16. The summed E-state index contributed by atoms with van der Waals surface area (Å²) in [7, 11) is 0. The van der Waals surface area contributed by atoms with Gasteiger partial charge < -0.3 is 5.32 Å². The van der Waals surface area contributed by atoms with E-state index in [2.05, 4.69) is 17.3 Å². The first-order valence-corrected chi connectivity index (χ1v) is 6.44. The third-order valence-electron chi connectivity index (χ3n) is 2.20. The molecule has 0 saturated heterocycles. The van der Waals surface area contributed by atoms with Crippen molar-refractivity contribution in [2.75, 3.05) is 6.54 Å². The Morgan fingerprint density at radius 1 is 1.44 bits per heavy atom. The van der Waals surface area contributed by atoms with Crippen LogP contribution in [0.25, 0.3) is 0 Å². The fourth-order valence-corrected chi connectivity index (χ4v) is 2.52. The van der Waals surface area contributed by atoms with Crippen LogP contribution >= 0.6 is 22.9 Å². The van der Waals surface area contributed by atoms with Crippen LogP contribution in [0, 0.1) is 0 Å². The van der Waals surface area contributed by atoms with Crippen LogP contribution in [0.5, 0.6) is 0 Å². The molecule has 16 heavy (non-hydrogen) atoms. The Bertz CT molecular complexity index is 450. The molecule has 5 heteroatoms. The molecule has 1 N–H and O–H groups in total. The molecular weight excluding hydrogens is 242 g/mol. The van der Waals surface area contributed by atoms with Gasteiger partial charge in [0.2, 0.25) is 0 Å². The van der Waals surface area contributed by atoms with E-state index in [9.17, 15) is 0 Å². The molecule has 0 atom stereocenters. The van der Waals surface area contributed by atoms with Crippen LogP contribution in [-0.4, -0.2) is 16.3 Å². The minimum atomic E-state index is 0.795. The van der Waals surface area contributed by atoms with Gasteiger partial charge in [-0.1, -0.05) is 18.5 Å². The van der Waals surface area contributed by atoms with Gasteiger partial charge in [0.15, 0.2) is 0 Å². The van der Waals surface area contributed by atoms with Crippen LogP contribution in [0.3, 0.4) is 0 Å². The predicted molar refractivity (Wildman–Crippen MR) is 68.0 cm³/mol. The van der Waals surface area contributed by atoms with E-state index in [4.69, 9.17) is 11.6 Å². The number of hydrogen-bond acceptors (Lipinski definition) is 3. The standard InChI is InChI=1S/C11H14ClN3S/c1-2-13-7-9-5-6-15(14-9)8-10-3-4-11(12)16-10/h3-6,13H,2,7-8H2,1H3. The monoisotopic (exact) mass is 255 g/mol. The largest absolute Gasteiger partial charge is 0.311 e. The fraction of sp³-hybridized carbons (Fsp3) is 0.364. The molecule has 0 aromatic carbocycles. The molecule has 2 aromatic rings. The van der Waals surface area contributed by atoms with Gasteiger partial charge in [-0.25, -0.2) is 0 Å². The molecule has 0 bridgehead atoms. The Labute approximate surface area is 104 Å². The third-order valence-corrected chi connectivity index (χ3v) is 3.41. The van der Waals surface area contributed by atoms with Gasteiger partial charge in [0.1, 0.15) is 0 Å². The third kappa shape index (κ3) is 3.07. The van der Waals surface area contributed by atoms with Crippen molar-refractivity contribution < 1.29 is 0 Å². The Morgan fingerprint density at radius 2 is 2.31 bits per heavy atom. The zero-order valence-corrected chi connectivity index (χ0v) is 10.7. The van der Waals surface area contributed by atoms with Crippen molar-refractivity contribution >= 4 is 22.9 Å². The molecule has 86 valence electrons. The van der Waals surface area contributed by atoms with Gasteiger partial charge in [0.05, 0.1) is 16.6 Å². The molecule has 2 aromatic heterocycles. The molecule has 2 rings (SSSR count). The lowest BCUT2D eigenvalue weighted by atomic mass is 10.4. The van der Waals surface area contributed by atoms with Gasteiger partial charge in [-0.15, -0.1) is 11.3 Å². The lowest BCUT2D eigenvalue weighted by Crippen LogP contribution is -2.12. The molecule has 0 fully saturated rings. The number of thiophene rings is 1. The summed E-state index contributed by atoms with van der Waals surface area (Å²) in [6.07, 6.45) is 2.00. The first kappa shape index (κ1) is 11.6. The first-order chi connectivity index (χ1) is 7.78. The summed E-state index contributed by atoms with van der Waals surface area (Å²) in [5.41, 5.74) is 1.07. The van der Waals surface area contributed by atoms with E-state index in [1.54, 1.807) is 11.3 Å². The van der Waals surface area contributed by atoms with Crippen molar-refractivity contribution in [1.29, 1.82) is 0 Å². The highest BCUT2D eigenvalue weighted by Crippen LogP contribution is 2.21. The topological polar surface area (TPSA) is 29.9 Å². The first-order valence-electron chi connectivity index (χ1n) is 5.25. The number of hydrogen-bond donors (Lipinski definition) is 1. The van der Waals surface area contributed by atoms with Gasteiger partial charge in [0, 0.05) is 17.6 Å². The van der Waals surface area contributed by atoms with Crippen molar-refractivity contribution in [3.05, 3.63) is 39.3 Å². The molecule has 0 unspecified atom stereocenters. The summed E-state index contributed by atoms with van der Waals surface area (Å²) in [5, 5.41) is 7.72. The van der Waals surface area contributed by atoms with Crippen molar-refractivity contribution in [3.63, 3.8) is 0 Å². The van der Waals surface area contributed by atoms with Crippen molar-refractivity contribution in [1.82, 2.24) is 15.1 Å². The lowest BCUT2D eigenvalue weighted by Gasteiger charge is -1.99. The summed E-state index contributed by atoms with van der Waals surface area (Å²) >= 11 is 7.48. The number of aromatic nitrogens is 2. The summed E-state index contributed by atoms with van der Waals surface area (Å²) in [4.78, 5) is 1.23. The molecule has 0 aliphatic heterocycles. The fourth-order valence-electron chi connectivity index (χ4n) is 1.44. The quantitative estimate of drug-likeness (QED) is 0.891. The van der Waals surface area contributed by atoms with Gasteiger partial charge >= 0.3 is 0 Å². The molecule has 3 nitrogen and oxygen atoms in total. The Balaban J connectivity index is 1.97. The maximum absolute atomic E-state index is 5.88. The second-order valence-electron chi connectivity index (χ2n) is 3.49. The molecule has 0 aliphatic carbocycles. The maximum Gasteiger partial charge on any atom is 0.0931 e. The normalized spacial score (nSPS) is 10.9. The predicted octanol–water partition coefficient (Wildman–Crippen LogP) is 2.76. The molecule has 2 heterocycles. The van der Waals surface area contributed by atoms with E-state index in [1.807, 2.05) is 29.1 Å². The average Bonchev–Trinajstić information content (AvgIpc) is 2.86. The highest BCUT2D eigenvalue weighted by atomic mass is 35.5. The van der Waals surface area contributed by atoms with E-state index in [0.717, 1.165) is 29.7 Å². The molecule has 0 spiro atoms. The summed E-state index contributed by atoms with van der Waals surface area (Å²) in [5.74, 6) is 0. The number of nitrogens with one attached hydrogen (secondary N) is 1. The minimum absolute atomic E-state index is 0.795. The molecular formula is C11H14ClN3S. The van der Waals surface area contributed by atoms with Gasteiger partial charge in [-0.2, -0.15) is 5.10 Å². The van der Waals surface area contributed by atoms with Crippen LogP contribution in [-0.2, 0) is 13.1 Å². The van der Waals surface area contributed by atoms with Crippen LogP contribution in [0.4, 0.5) is 0 Å². The van der Waals surface area contributed by atoms with E-state index in [-0.39, 0.29) is 0 Å². The number of nitrogens with zero attached hydrogens (tertiary/aromatic N) is 2. The van der Waals surface area contributed by atoms with E-state index >= 15 is 0 Å². The zero-order chi connectivity index (χ0) is 11.4. The van der Waals surface area contributed by atoms with Crippen LogP contribution in [0.15, 0.2) is 24.4 Å². The van der Waals surface area contributed by atoms with Gasteiger partial charge in [0.25, 0.3) is 0 Å². The number of halogens is 1. The second kappa shape index (κ2) is 5.48. The Hall–Kier alpha value is -0.840. The van der Waals surface area contributed by atoms with E-state index < -0.39 is 0 Å². The summed E-state index contributed by atoms with van der Waals surface area (Å²) in [6.45, 7) is 4.68. The molecule has 0 amide bonds. The second-order valence-corrected chi connectivity index (χ2v) is 5.29. The van der Waals surface area contributed by atoms with Gasteiger partial charge in [-0.05, 0) is 24.7 Å². The SMILES string of the molecule is CCNCc1ccn(Cc2ccc(Cl)s2)n1. The smallest absolute Gasteiger partial charge is 0.0931 e. The molecule has 0 saturated carbocycles. The molecule has 0 aliphatic rings. The summed E-state index contributed by atoms with van der Waals surface area (Å²) < 4.78 is 2.77. The van der Waals surface area contributed by atoms with Crippen LogP contribution < -0.4 is 5.32 Å². The maximum atomic E-state index is 5.88. The number of rotatable bonds is 5. The van der Waals surface area contributed by atoms with Crippen LogP contribution in [0.2, 0.25) is 4.34 Å². The van der Waals surface area contributed by atoms with Crippen molar-refractivity contribution in [3.8, 4) is 0 Å². The zero-order valence-electron chi connectivity index (χ0n) is 9.11. The minimum Gasteiger partial charge on any atom is -0.311 e. The van der Waals surface area contributed by atoms with Gasteiger partial charge in [-0.3, -0.25) is 4.68 Å². The average molecular weight is 256 g/mol. The summed E-state index contributed by atoms with van der Waals surface area (Å²) in [6, 6.07) is 6.00. The van der Waals surface area contributed by atoms with E-state index in [0.29, 0.717) is 0 Å². The highest BCUT2D eigenvalue weighted by Gasteiger charge is 2.01. The molecule has 0 radical (unpaired) electrons.